The highest BCUT2D eigenvalue weighted by Crippen LogP contribution is 2.28. The van der Waals surface area contributed by atoms with Crippen molar-refractivity contribution in [2.75, 3.05) is 11.4 Å². The molecule has 110 valence electrons. The highest BCUT2D eigenvalue weighted by atomic mass is 32.1. The van der Waals surface area contributed by atoms with Gasteiger partial charge in [0.15, 0.2) is 0 Å². The summed E-state index contributed by atoms with van der Waals surface area (Å²) < 4.78 is 0. The molecule has 1 nitrogen and oxygen atoms in total. The van der Waals surface area contributed by atoms with Gasteiger partial charge in [-0.15, -0.1) is 0 Å². The number of anilines is 1. The fourth-order valence-corrected chi connectivity index (χ4v) is 2.47. The van der Waals surface area contributed by atoms with E-state index in [9.17, 15) is 0 Å². The first-order chi connectivity index (χ1) is 10.7. The van der Waals surface area contributed by atoms with Crippen molar-refractivity contribution in [3.8, 4) is 0 Å². The predicted molar refractivity (Wildman–Crippen MR) is 102 cm³/mol. The van der Waals surface area contributed by atoms with Crippen LogP contribution in [-0.4, -0.2) is 11.4 Å². The van der Waals surface area contributed by atoms with Crippen LogP contribution in [0.2, 0.25) is 0 Å². The number of rotatable bonds is 4. The van der Waals surface area contributed by atoms with E-state index in [-0.39, 0.29) is 0 Å². The lowest BCUT2D eigenvalue weighted by Crippen LogP contribution is -2.22. The van der Waals surface area contributed by atoms with Gasteiger partial charge in [-0.2, -0.15) is 0 Å². The molecule has 0 aromatic heterocycles. The van der Waals surface area contributed by atoms with E-state index in [4.69, 9.17) is 12.2 Å². The standard InChI is InChI=1S/C20H19NS/c1-4-6-10-16(3)21-14-9-7-8-11-20(22)18-15-17(5-2)12-13-19(18)21/h4-13,15H,1-3,14H2/b9-7-,10-6-,11-8-. The quantitative estimate of drug-likeness (QED) is 0.553. The van der Waals surface area contributed by atoms with E-state index in [0.29, 0.717) is 0 Å². The van der Waals surface area contributed by atoms with Gasteiger partial charge in [0.25, 0.3) is 0 Å². The third-order valence-corrected chi connectivity index (χ3v) is 3.72. The van der Waals surface area contributed by atoms with Crippen molar-refractivity contribution in [1.29, 1.82) is 0 Å². The van der Waals surface area contributed by atoms with Crippen molar-refractivity contribution in [1.82, 2.24) is 0 Å². The summed E-state index contributed by atoms with van der Waals surface area (Å²) in [5, 5.41) is 0. The van der Waals surface area contributed by atoms with Gasteiger partial charge in [-0.1, -0.05) is 74.5 Å². The van der Waals surface area contributed by atoms with Crippen LogP contribution in [0.25, 0.3) is 6.08 Å². The molecule has 1 aromatic carbocycles. The molecular weight excluding hydrogens is 286 g/mol. The van der Waals surface area contributed by atoms with E-state index in [2.05, 4.69) is 42.8 Å². The fourth-order valence-electron chi connectivity index (χ4n) is 2.23. The van der Waals surface area contributed by atoms with Crippen LogP contribution in [0.5, 0.6) is 0 Å². The number of benzene rings is 1. The van der Waals surface area contributed by atoms with E-state index in [1.54, 1.807) is 6.08 Å². The highest BCUT2D eigenvalue weighted by Gasteiger charge is 2.15. The van der Waals surface area contributed by atoms with Crippen LogP contribution in [0.4, 0.5) is 5.69 Å². The van der Waals surface area contributed by atoms with Gasteiger partial charge in [-0.3, -0.25) is 0 Å². The lowest BCUT2D eigenvalue weighted by molar-refractivity contribution is 1.04. The summed E-state index contributed by atoms with van der Waals surface area (Å²) in [7, 11) is 0. The maximum absolute atomic E-state index is 5.56. The number of hydrogen-bond acceptors (Lipinski definition) is 2. The summed E-state index contributed by atoms with van der Waals surface area (Å²) in [5.74, 6) is 0. The van der Waals surface area contributed by atoms with Gasteiger partial charge >= 0.3 is 0 Å². The Hall–Kier alpha value is -2.45. The molecule has 1 aromatic rings. The zero-order valence-corrected chi connectivity index (χ0v) is 13.4. The third-order valence-electron chi connectivity index (χ3n) is 3.37. The Morgan fingerprint density at radius 2 is 2.05 bits per heavy atom. The highest BCUT2D eigenvalue weighted by molar-refractivity contribution is 7.81. The average molecular weight is 305 g/mol. The molecule has 0 saturated heterocycles. The molecule has 0 saturated carbocycles. The second-order valence-electron chi connectivity index (χ2n) is 4.83. The van der Waals surface area contributed by atoms with Gasteiger partial charge in [-0.25, -0.2) is 0 Å². The van der Waals surface area contributed by atoms with Crippen molar-refractivity contribution in [2.45, 2.75) is 0 Å². The lowest BCUT2D eigenvalue weighted by Gasteiger charge is -2.26. The Labute approximate surface area is 138 Å². The maximum atomic E-state index is 5.56. The first-order valence-electron chi connectivity index (χ1n) is 7.07. The molecule has 22 heavy (non-hydrogen) atoms. The minimum absolute atomic E-state index is 0.730. The normalized spacial score (nSPS) is 17.1. The summed E-state index contributed by atoms with van der Waals surface area (Å²) in [5.41, 5.74) is 4.00. The van der Waals surface area contributed by atoms with Crippen LogP contribution in [-0.2, 0) is 0 Å². The fraction of sp³-hybridized carbons (Fsp3) is 0.0500. The molecule has 0 radical (unpaired) electrons. The molecule has 0 atom stereocenters. The molecule has 0 amide bonds. The monoisotopic (exact) mass is 305 g/mol. The number of hydrogen-bond donors (Lipinski definition) is 0. The summed E-state index contributed by atoms with van der Waals surface area (Å²) in [6.07, 6.45) is 15.4. The van der Waals surface area contributed by atoms with E-state index >= 15 is 0 Å². The SMILES string of the molecule is C=C/C=C\C(=C)N1C/C=C\C=C/C(=S)c2cc(C=C)ccc21. The summed E-state index contributed by atoms with van der Waals surface area (Å²) >= 11 is 5.56. The van der Waals surface area contributed by atoms with Crippen LogP contribution < -0.4 is 4.90 Å². The van der Waals surface area contributed by atoms with Gasteiger partial charge in [0.1, 0.15) is 0 Å². The number of fused-ring (bicyclic) bond motifs is 1. The molecule has 0 N–H and O–H groups in total. The van der Waals surface area contributed by atoms with Crippen molar-refractivity contribution in [2.24, 2.45) is 0 Å². The molecule has 2 rings (SSSR count). The first-order valence-corrected chi connectivity index (χ1v) is 7.47. The van der Waals surface area contributed by atoms with E-state index in [0.717, 1.165) is 33.9 Å². The zero-order valence-electron chi connectivity index (χ0n) is 12.5. The van der Waals surface area contributed by atoms with Crippen LogP contribution in [0, 0.1) is 0 Å². The van der Waals surface area contributed by atoms with Gasteiger partial charge in [0.2, 0.25) is 0 Å². The molecule has 0 spiro atoms. The minimum Gasteiger partial charge on any atom is -0.338 e. The second kappa shape index (κ2) is 7.53. The number of nitrogens with zero attached hydrogens (tertiary/aromatic N) is 1. The molecular formula is C20H19NS. The summed E-state index contributed by atoms with van der Waals surface area (Å²) in [6.45, 7) is 12.4. The van der Waals surface area contributed by atoms with Gasteiger partial charge in [0.05, 0.1) is 5.69 Å². The average Bonchev–Trinajstić information content (AvgIpc) is 2.62. The Balaban J connectivity index is 2.56. The van der Waals surface area contributed by atoms with Crippen LogP contribution >= 0.6 is 12.2 Å². The molecule has 1 aliphatic rings. The smallest absolute Gasteiger partial charge is 0.0502 e. The van der Waals surface area contributed by atoms with Crippen LogP contribution in [0.1, 0.15) is 11.1 Å². The van der Waals surface area contributed by atoms with Crippen molar-refractivity contribution in [3.63, 3.8) is 0 Å². The Morgan fingerprint density at radius 1 is 1.23 bits per heavy atom. The maximum Gasteiger partial charge on any atom is 0.0502 e. The van der Waals surface area contributed by atoms with Gasteiger partial charge in [-0.05, 0) is 29.8 Å². The molecule has 0 aliphatic carbocycles. The van der Waals surface area contributed by atoms with Crippen LogP contribution in [0.3, 0.4) is 0 Å². The van der Waals surface area contributed by atoms with Crippen molar-refractivity contribution >= 4 is 28.8 Å². The molecule has 0 unspecified atom stereocenters. The Morgan fingerprint density at radius 3 is 2.77 bits per heavy atom. The molecule has 0 fully saturated rings. The number of thiocarbonyl (C=S) groups is 1. The first kappa shape index (κ1) is 15.9. The minimum atomic E-state index is 0.730. The molecule has 1 heterocycles. The van der Waals surface area contributed by atoms with Crippen molar-refractivity contribution < 1.29 is 0 Å². The topological polar surface area (TPSA) is 3.24 Å². The summed E-state index contributed by atoms with van der Waals surface area (Å²) in [4.78, 5) is 2.94. The molecule has 0 bridgehead atoms. The van der Waals surface area contributed by atoms with Crippen LogP contribution in [0.15, 0.2) is 86.2 Å². The van der Waals surface area contributed by atoms with E-state index < -0.39 is 0 Å². The molecule has 2 heteroatoms. The predicted octanol–water partition coefficient (Wildman–Crippen LogP) is 5.24. The largest absolute Gasteiger partial charge is 0.338 e. The van der Waals surface area contributed by atoms with Gasteiger partial charge in [0, 0.05) is 22.7 Å². The Bertz CT molecular complexity index is 704. The number of allylic oxidation sites excluding steroid dienone is 6. The lowest BCUT2D eigenvalue weighted by atomic mass is 10.0. The van der Waals surface area contributed by atoms with E-state index in [1.165, 1.54) is 0 Å². The second-order valence-corrected chi connectivity index (χ2v) is 5.27. The van der Waals surface area contributed by atoms with Gasteiger partial charge < -0.3 is 4.90 Å². The molecule has 1 aliphatic heterocycles. The summed E-state index contributed by atoms with van der Waals surface area (Å²) in [6, 6.07) is 6.17. The Kier molecular flexibility index (Phi) is 5.45. The zero-order chi connectivity index (χ0) is 15.9. The third kappa shape index (κ3) is 3.60. The van der Waals surface area contributed by atoms with Crippen molar-refractivity contribution in [3.05, 3.63) is 97.3 Å². The van der Waals surface area contributed by atoms with E-state index in [1.807, 2.05) is 42.5 Å².